The number of alkyl halides is 1. The van der Waals surface area contributed by atoms with E-state index in [-0.39, 0.29) is 6.10 Å². The van der Waals surface area contributed by atoms with Crippen LogP contribution in [0.5, 0.6) is 5.75 Å². The number of nitrogens with zero attached hydrogens (tertiary/aromatic N) is 1. The molecular weight excluding hydrogens is 254 g/mol. The number of benzene rings is 1. The van der Waals surface area contributed by atoms with Gasteiger partial charge in [-0.25, -0.2) is 4.98 Å². The van der Waals surface area contributed by atoms with Gasteiger partial charge in [-0.3, -0.25) is 0 Å². The summed E-state index contributed by atoms with van der Waals surface area (Å²) in [6, 6.07) is 8.02. The van der Waals surface area contributed by atoms with E-state index in [1.807, 2.05) is 36.6 Å². The highest BCUT2D eigenvalue weighted by Gasteiger charge is 2.11. The van der Waals surface area contributed by atoms with Crippen LogP contribution in [0.4, 0.5) is 0 Å². The smallest absolute Gasteiger partial charge is 0.147 e. The largest absolute Gasteiger partial charge is 0.484 e. The van der Waals surface area contributed by atoms with Gasteiger partial charge in [-0.1, -0.05) is 17.7 Å². The number of aryl methyl sites for hydroxylation is 1. The van der Waals surface area contributed by atoms with Gasteiger partial charge in [-0.15, -0.1) is 22.9 Å². The van der Waals surface area contributed by atoms with Crippen LogP contribution in [-0.2, 0) is 5.88 Å². The summed E-state index contributed by atoms with van der Waals surface area (Å²) in [4.78, 5) is 4.40. The van der Waals surface area contributed by atoms with Gasteiger partial charge in [-0.2, -0.15) is 0 Å². The predicted molar refractivity (Wildman–Crippen MR) is 71.9 cm³/mol. The summed E-state index contributed by atoms with van der Waals surface area (Å²) in [7, 11) is 0. The molecule has 0 fully saturated rings. The third kappa shape index (κ3) is 3.20. The lowest BCUT2D eigenvalue weighted by molar-refractivity contribution is 0.226. The number of aromatic nitrogens is 1. The van der Waals surface area contributed by atoms with Gasteiger partial charge >= 0.3 is 0 Å². The van der Waals surface area contributed by atoms with Gasteiger partial charge < -0.3 is 4.74 Å². The second-order valence-corrected chi connectivity index (χ2v) is 5.04. The number of rotatable bonds is 4. The molecule has 1 atom stereocenters. The van der Waals surface area contributed by atoms with Crippen molar-refractivity contribution in [2.75, 3.05) is 0 Å². The van der Waals surface area contributed by atoms with Crippen LogP contribution >= 0.6 is 22.9 Å². The highest BCUT2D eigenvalue weighted by Crippen LogP contribution is 2.24. The summed E-state index contributed by atoms with van der Waals surface area (Å²) >= 11 is 7.31. The van der Waals surface area contributed by atoms with E-state index >= 15 is 0 Å². The van der Waals surface area contributed by atoms with Crippen LogP contribution < -0.4 is 4.74 Å². The van der Waals surface area contributed by atoms with E-state index in [1.54, 1.807) is 11.3 Å². The molecule has 2 nitrogen and oxygen atoms in total. The van der Waals surface area contributed by atoms with Gasteiger partial charge in [0.15, 0.2) is 0 Å². The molecule has 1 aromatic heterocycles. The molecule has 0 saturated heterocycles. The Morgan fingerprint density at radius 3 is 2.65 bits per heavy atom. The van der Waals surface area contributed by atoms with E-state index in [1.165, 1.54) is 5.56 Å². The number of hydrogen-bond acceptors (Lipinski definition) is 3. The first kappa shape index (κ1) is 12.4. The quantitative estimate of drug-likeness (QED) is 0.769. The molecule has 0 aliphatic rings. The molecule has 1 heterocycles. The first-order valence-corrected chi connectivity index (χ1v) is 6.84. The van der Waals surface area contributed by atoms with Crippen molar-refractivity contribution < 1.29 is 4.74 Å². The van der Waals surface area contributed by atoms with E-state index in [2.05, 4.69) is 11.9 Å². The molecule has 0 aliphatic carbocycles. The molecule has 0 N–H and O–H groups in total. The first-order chi connectivity index (χ1) is 8.19. The van der Waals surface area contributed by atoms with Crippen LogP contribution in [0.3, 0.4) is 0 Å². The van der Waals surface area contributed by atoms with E-state index in [4.69, 9.17) is 16.3 Å². The van der Waals surface area contributed by atoms with Gasteiger partial charge in [0.25, 0.3) is 0 Å². The fourth-order valence-corrected chi connectivity index (χ4v) is 2.47. The maximum absolute atomic E-state index is 5.82. The van der Waals surface area contributed by atoms with Crippen molar-refractivity contribution in [2.24, 2.45) is 0 Å². The van der Waals surface area contributed by atoms with Gasteiger partial charge in [0.2, 0.25) is 0 Å². The third-order valence-electron chi connectivity index (χ3n) is 2.39. The summed E-state index contributed by atoms with van der Waals surface area (Å²) in [6.45, 7) is 4.05. The Bertz CT molecular complexity index is 480. The Morgan fingerprint density at radius 1 is 1.35 bits per heavy atom. The highest BCUT2D eigenvalue weighted by atomic mass is 35.5. The van der Waals surface area contributed by atoms with Crippen LogP contribution in [0.1, 0.15) is 29.3 Å². The standard InChI is InChI=1S/C13H14ClNOS/c1-9-3-5-12(6-4-9)16-10(2)13-15-11(7-14)8-17-13/h3-6,8,10H,7H2,1-2H3. The van der Waals surface area contributed by atoms with E-state index < -0.39 is 0 Å². The average Bonchev–Trinajstić information content (AvgIpc) is 2.81. The molecule has 2 rings (SSSR count). The Balaban J connectivity index is 2.05. The molecular formula is C13H14ClNOS. The lowest BCUT2D eigenvalue weighted by Crippen LogP contribution is -2.02. The fraction of sp³-hybridized carbons (Fsp3) is 0.308. The zero-order valence-corrected chi connectivity index (χ0v) is 11.4. The summed E-state index contributed by atoms with van der Waals surface area (Å²) in [6.07, 6.45) is -0.0420. The van der Waals surface area contributed by atoms with Crippen LogP contribution in [0.25, 0.3) is 0 Å². The first-order valence-electron chi connectivity index (χ1n) is 5.42. The van der Waals surface area contributed by atoms with E-state index in [9.17, 15) is 0 Å². The lowest BCUT2D eigenvalue weighted by Gasteiger charge is -2.12. The second kappa shape index (κ2) is 5.52. The number of halogens is 1. The number of ether oxygens (including phenoxy) is 1. The van der Waals surface area contributed by atoms with Gasteiger partial charge in [0.1, 0.15) is 16.9 Å². The monoisotopic (exact) mass is 267 g/mol. The molecule has 0 radical (unpaired) electrons. The van der Waals surface area contributed by atoms with Crippen molar-refractivity contribution in [3.8, 4) is 5.75 Å². The van der Waals surface area contributed by atoms with Gasteiger partial charge in [0, 0.05) is 5.38 Å². The Kier molecular flexibility index (Phi) is 4.02. The Hall–Kier alpha value is -1.06. The van der Waals surface area contributed by atoms with E-state index in [0.717, 1.165) is 16.5 Å². The van der Waals surface area contributed by atoms with Crippen LogP contribution in [-0.4, -0.2) is 4.98 Å². The Labute approximate surface area is 110 Å². The normalized spacial score (nSPS) is 12.4. The van der Waals surface area contributed by atoms with Crippen molar-refractivity contribution in [3.63, 3.8) is 0 Å². The molecule has 0 amide bonds. The Morgan fingerprint density at radius 2 is 2.06 bits per heavy atom. The number of hydrogen-bond donors (Lipinski definition) is 0. The molecule has 4 heteroatoms. The van der Waals surface area contributed by atoms with Crippen molar-refractivity contribution in [2.45, 2.75) is 25.8 Å². The molecule has 1 unspecified atom stereocenters. The van der Waals surface area contributed by atoms with Crippen molar-refractivity contribution in [1.29, 1.82) is 0 Å². The minimum absolute atomic E-state index is 0.0420. The zero-order valence-electron chi connectivity index (χ0n) is 9.81. The van der Waals surface area contributed by atoms with Gasteiger partial charge in [-0.05, 0) is 26.0 Å². The number of thiazole rings is 1. The van der Waals surface area contributed by atoms with Crippen molar-refractivity contribution in [1.82, 2.24) is 4.98 Å². The molecule has 90 valence electrons. The minimum Gasteiger partial charge on any atom is -0.484 e. The van der Waals surface area contributed by atoms with Crippen LogP contribution in [0.2, 0.25) is 0 Å². The molecule has 1 aromatic carbocycles. The molecule has 0 aliphatic heterocycles. The summed E-state index contributed by atoms with van der Waals surface area (Å²) in [5.74, 6) is 1.32. The van der Waals surface area contributed by atoms with E-state index in [0.29, 0.717) is 5.88 Å². The zero-order chi connectivity index (χ0) is 12.3. The SMILES string of the molecule is Cc1ccc(OC(C)c2nc(CCl)cs2)cc1. The topological polar surface area (TPSA) is 22.1 Å². The maximum atomic E-state index is 5.82. The van der Waals surface area contributed by atoms with Crippen LogP contribution in [0, 0.1) is 6.92 Å². The lowest BCUT2D eigenvalue weighted by atomic mass is 10.2. The molecule has 2 aromatic rings. The predicted octanol–water partition coefficient (Wildman–Crippen LogP) is 4.33. The fourth-order valence-electron chi connectivity index (χ4n) is 1.44. The molecule has 0 saturated carbocycles. The van der Waals surface area contributed by atoms with Crippen molar-refractivity contribution in [3.05, 3.63) is 45.9 Å². The summed E-state index contributed by atoms with van der Waals surface area (Å²) in [5, 5.41) is 2.93. The van der Waals surface area contributed by atoms with Crippen molar-refractivity contribution >= 4 is 22.9 Å². The maximum Gasteiger partial charge on any atom is 0.147 e. The third-order valence-corrected chi connectivity index (χ3v) is 3.72. The molecule has 0 bridgehead atoms. The van der Waals surface area contributed by atoms with Crippen LogP contribution in [0.15, 0.2) is 29.6 Å². The second-order valence-electron chi connectivity index (χ2n) is 3.88. The minimum atomic E-state index is -0.0420. The highest BCUT2D eigenvalue weighted by molar-refractivity contribution is 7.09. The summed E-state index contributed by atoms with van der Waals surface area (Å²) in [5.41, 5.74) is 2.13. The summed E-state index contributed by atoms with van der Waals surface area (Å²) < 4.78 is 5.82. The molecule has 17 heavy (non-hydrogen) atoms. The molecule has 0 spiro atoms. The van der Waals surface area contributed by atoms with Gasteiger partial charge in [0.05, 0.1) is 11.6 Å². The average molecular weight is 268 g/mol.